The van der Waals surface area contributed by atoms with Gasteiger partial charge in [0.15, 0.2) is 0 Å². The van der Waals surface area contributed by atoms with Gasteiger partial charge in [-0.3, -0.25) is 0 Å². The topological polar surface area (TPSA) is 38.9 Å². The summed E-state index contributed by atoms with van der Waals surface area (Å²) < 4.78 is 4.24. The third kappa shape index (κ3) is 0.975. The van der Waals surface area contributed by atoms with E-state index in [1.54, 1.807) is 0 Å². The second-order valence-corrected chi connectivity index (χ2v) is 3.52. The zero-order valence-corrected chi connectivity index (χ0v) is 7.69. The molecular weight excluding hydrogens is 168 g/mol. The highest BCUT2D eigenvalue weighted by molar-refractivity contribution is 7.11. The zero-order chi connectivity index (χ0) is 8.55. The summed E-state index contributed by atoms with van der Waals surface area (Å²) in [4.78, 5) is 0. The van der Waals surface area contributed by atoms with Crippen molar-refractivity contribution in [2.75, 3.05) is 5.73 Å². The first-order chi connectivity index (χ1) is 5.83. The van der Waals surface area contributed by atoms with Gasteiger partial charge < -0.3 is 5.73 Å². The fourth-order valence-electron chi connectivity index (χ4n) is 1.39. The largest absolute Gasteiger partial charge is 0.389 e. The van der Waals surface area contributed by atoms with E-state index in [9.17, 15) is 0 Å². The van der Waals surface area contributed by atoms with Gasteiger partial charge in [-0.05, 0) is 29.6 Å². The van der Waals surface area contributed by atoms with Crippen LogP contribution in [-0.4, -0.2) is 4.37 Å². The molecule has 2 rings (SSSR count). The molecule has 12 heavy (non-hydrogen) atoms. The van der Waals surface area contributed by atoms with E-state index in [0.717, 1.165) is 22.3 Å². The number of hydrogen-bond acceptors (Lipinski definition) is 3. The summed E-state index contributed by atoms with van der Waals surface area (Å²) in [6, 6.07) is 6.13. The summed E-state index contributed by atoms with van der Waals surface area (Å²) in [7, 11) is 0. The molecule has 0 aliphatic carbocycles. The molecule has 2 N–H and O–H groups in total. The van der Waals surface area contributed by atoms with Crippen molar-refractivity contribution < 1.29 is 0 Å². The minimum atomic E-state index is 0.836. The minimum absolute atomic E-state index is 0.836. The predicted octanol–water partition coefficient (Wildman–Crippen LogP) is 2.44. The Morgan fingerprint density at radius 3 is 3.08 bits per heavy atom. The number of aryl methyl sites for hydroxylation is 1. The highest BCUT2D eigenvalue weighted by atomic mass is 32.1. The first-order valence-electron chi connectivity index (χ1n) is 3.95. The Balaban J connectivity index is 2.84. The molecule has 1 heterocycles. The molecule has 2 aromatic rings. The molecule has 0 bridgehead atoms. The Kier molecular flexibility index (Phi) is 1.73. The molecule has 0 atom stereocenters. The third-order valence-corrected chi connectivity index (χ3v) is 2.69. The maximum atomic E-state index is 5.81. The number of aromatic nitrogens is 1. The van der Waals surface area contributed by atoms with Gasteiger partial charge in [-0.25, -0.2) is 0 Å². The molecular formula is C9H10N2S. The van der Waals surface area contributed by atoms with Crippen molar-refractivity contribution in [2.45, 2.75) is 13.3 Å². The number of rotatable bonds is 1. The average molecular weight is 178 g/mol. The first-order valence-corrected chi connectivity index (χ1v) is 4.73. The smallest absolute Gasteiger partial charge is 0.115 e. The first kappa shape index (κ1) is 7.55. The monoisotopic (exact) mass is 178 g/mol. The summed E-state index contributed by atoms with van der Waals surface area (Å²) in [6.07, 6.45) is 1.01. The molecule has 0 saturated carbocycles. The Hall–Kier alpha value is -1.09. The van der Waals surface area contributed by atoms with Crippen molar-refractivity contribution in [3.63, 3.8) is 0 Å². The van der Waals surface area contributed by atoms with E-state index in [4.69, 9.17) is 5.73 Å². The molecule has 0 saturated heterocycles. The molecule has 0 aliphatic heterocycles. The van der Waals surface area contributed by atoms with Crippen molar-refractivity contribution in [1.82, 2.24) is 4.37 Å². The van der Waals surface area contributed by atoms with E-state index < -0.39 is 0 Å². The minimum Gasteiger partial charge on any atom is -0.389 e. The summed E-state index contributed by atoms with van der Waals surface area (Å²) in [5.41, 5.74) is 8.12. The van der Waals surface area contributed by atoms with Crippen LogP contribution in [0.3, 0.4) is 0 Å². The van der Waals surface area contributed by atoms with Crippen LogP contribution in [-0.2, 0) is 6.42 Å². The molecule has 0 aliphatic rings. The molecule has 1 aromatic heterocycles. The summed E-state index contributed by atoms with van der Waals surface area (Å²) in [5, 5.41) is 1.98. The molecule has 0 amide bonds. The van der Waals surface area contributed by atoms with Crippen LogP contribution in [0.25, 0.3) is 10.9 Å². The van der Waals surface area contributed by atoms with Crippen molar-refractivity contribution in [1.29, 1.82) is 0 Å². The van der Waals surface area contributed by atoms with Crippen LogP contribution in [0.5, 0.6) is 0 Å². The molecule has 1 aromatic carbocycles. The van der Waals surface area contributed by atoms with Gasteiger partial charge in [0, 0.05) is 5.39 Å². The zero-order valence-electron chi connectivity index (χ0n) is 6.87. The van der Waals surface area contributed by atoms with Gasteiger partial charge in [-0.2, -0.15) is 4.37 Å². The second-order valence-electron chi connectivity index (χ2n) is 2.71. The number of nitrogen functional groups attached to an aromatic ring is 1. The fourth-order valence-corrected chi connectivity index (χ4v) is 2.06. The average Bonchev–Trinajstić information content (AvgIpc) is 2.48. The van der Waals surface area contributed by atoms with E-state index >= 15 is 0 Å². The van der Waals surface area contributed by atoms with Crippen molar-refractivity contribution in [2.24, 2.45) is 0 Å². The third-order valence-electron chi connectivity index (χ3n) is 2.00. The number of hydrogen-bond donors (Lipinski definition) is 1. The van der Waals surface area contributed by atoms with Crippen molar-refractivity contribution in [3.8, 4) is 0 Å². The SMILES string of the molecule is CCc1cccc2nsc(N)c12. The standard InChI is InChI=1S/C9H10N2S/c1-2-6-4-3-5-7-8(6)9(10)12-11-7/h3-5H,2,10H2,1H3. The lowest BCUT2D eigenvalue weighted by molar-refractivity contribution is 1.16. The Morgan fingerprint density at radius 2 is 2.33 bits per heavy atom. The van der Waals surface area contributed by atoms with E-state index in [-0.39, 0.29) is 0 Å². The normalized spacial score (nSPS) is 10.8. The van der Waals surface area contributed by atoms with Crippen LogP contribution < -0.4 is 5.73 Å². The van der Waals surface area contributed by atoms with Gasteiger partial charge in [0.05, 0.1) is 5.52 Å². The van der Waals surface area contributed by atoms with Gasteiger partial charge >= 0.3 is 0 Å². The molecule has 0 fully saturated rings. The maximum absolute atomic E-state index is 5.81. The maximum Gasteiger partial charge on any atom is 0.115 e. The van der Waals surface area contributed by atoms with E-state index in [1.165, 1.54) is 17.1 Å². The summed E-state index contributed by atoms with van der Waals surface area (Å²) in [6.45, 7) is 2.13. The lowest BCUT2D eigenvalue weighted by Crippen LogP contribution is -1.85. The predicted molar refractivity (Wildman–Crippen MR) is 53.4 cm³/mol. The van der Waals surface area contributed by atoms with Crippen molar-refractivity contribution in [3.05, 3.63) is 23.8 Å². The number of nitrogens with zero attached hydrogens (tertiary/aromatic N) is 1. The van der Waals surface area contributed by atoms with Gasteiger partial charge in [0.1, 0.15) is 5.00 Å². The fraction of sp³-hybridized carbons (Fsp3) is 0.222. The number of fused-ring (bicyclic) bond motifs is 1. The van der Waals surface area contributed by atoms with Gasteiger partial charge in [0.2, 0.25) is 0 Å². The van der Waals surface area contributed by atoms with E-state index in [0.29, 0.717) is 0 Å². The van der Waals surface area contributed by atoms with Gasteiger partial charge in [0.25, 0.3) is 0 Å². The number of anilines is 1. The lowest BCUT2D eigenvalue weighted by atomic mass is 10.1. The Labute approximate surface area is 75.2 Å². The Morgan fingerprint density at radius 1 is 1.50 bits per heavy atom. The van der Waals surface area contributed by atoms with Crippen LogP contribution in [0, 0.1) is 0 Å². The molecule has 0 unspecified atom stereocenters. The molecule has 2 nitrogen and oxygen atoms in total. The highest BCUT2D eigenvalue weighted by Gasteiger charge is 2.05. The van der Waals surface area contributed by atoms with Crippen LogP contribution in [0.2, 0.25) is 0 Å². The number of benzene rings is 1. The van der Waals surface area contributed by atoms with Crippen LogP contribution in [0.1, 0.15) is 12.5 Å². The van der Waals surface area contributed by atoms with Crippen LogP contribution >= 0.6 is 11.5 Å². The summed E-state index contributed by atoms with van der Waals surface area (Å²) >= 11 is 1.37. The van der Waals surface area contributed by atoms with E-state index in [1.807, 2.05) is 12.1 Å². The van der Waals surface area contributed by atoms with Crippen LogP contribution in [0.15, 0.2) is 18.2 Å². The molecule has 62 valence electrons. The van der Waals surface area contributed by atoms with Gasteiger partial charge in [-0.15, -0.1) is 0 Å². The second kappa shape index (κ2) is 2.75. The highest BCUT2D eigenvalue weighted by Crippen LogP contribution is 2.27. The Bertz CT molecular complexity index is 406. The quantitative estimate of drug-likeness (QED) is 0.728. The number of nitrogens with two attached hydrogens (primary N) is 1. The lowest BCUT2D eigenvalue weighted by Gasteiger charge is -1.97. The van der Waals surface area contributed by atoms with Gasteiger partial charge in [-0.1, -0.05) is 19.1 Å². The van der Waals surface area contributed by atoms with Crippen LogP contribution in [0.4, 0.5) is 5.00 Å². The molecule has 0 radical (unpaired) electrons. The van der Waals surface area contributed by atoms with E-state index in [2.05, 4.69) is 17.4 Å². The molecule has 3 heteroatoms. The van der Waals surface area contributed by atoms with Crippen molar-refractivity contribution >= 4 is 27.4 Å². The summed E-state index contributed by atoms with van der Waals surface area (Å²) in [5.74, 6) is 0. The molecule has 0 spiro atoms.